The van der Waals surface area contributed by atoms with Crippen LogP contribution < -0.4 is 10.1 Å². The Hall–Kier alpha value is -0.950. The van der Waals surface area contributed by atoms with Gasteiger partial charge < -0.3 is 15.2 Å². The summed E-state index contributed by atoms with van der Waals surface area (Å²) >= 11 is 0. The second kappa shape index (κ2) is 8.43. The lowest BCUT2D eigenvalue weighted by Crippen LogP contribution is -2.51. The maximum Gasteiger partial charge on any atom is 0.289 e. The van der Waals surface area contributed by atoms with Crippen molar-refractivity contribution in [3.05, 3.63) is 29.8 Å². The molecule has 1 aliphatic heterocycles. The van der Waals surface area contributed by atoms with Crippen molar-refractivity contribution in [2.24, 2.45) is 0 Å². The smallest absolute Gasteiger partial charge is 0.289 e. The standard InChI is InChI=1S/C17H26F2N2O2.ClH/c1-16(2,3)23-14-6-4-13(5-7-14)15(17(18,19)12-22)21-10-8-20-9-11-21;/h4-7,15,20,22H,8-12H2,1-3H3;1H/t15-;/m0./s1. The highest BCUT2D eigenvalue weighted by molar-refractivity contribution is 5.85. The van der Waals surface area contributed by atoms with Gasteiger partial charge in [-0.1, -0.05) is 12.1 Å². The third kappa shape index (κ3) is 5.55. The Morgan fingerprint density at radius 1 is 1.17 bits per heavy atom. The van der Waals surface area contributed by atoms with E-state index in [4.69, 9.17) is 9.84 Å². The molecule has 0 unspecified atom stereocenters. The zero-order valence-electron chi connectivity index (χ0n) is 14.4. The predicted molar refractivity (Wildman–Crippen MR) is 93.3 cm³/mol. The second-order valence-corrected chi connectivity index (χ2v) is 6.89. The fraction of sp³-hybridized carbons (Fsp3) is 0.647. The molecule has 0 bridgehead atoms. The predicted octanol–water partition coefficient (Wildman–Crippen LogP) is 2.86. The van der Waals surface area contributed by atoms with Crippen LogP contribution in [-0.4, -0.2) is 54.3 Å². The molecule has 0 aromatic heterocycles. The molecule has 1 heterocycles. The van der Waals surface area contributed by atoms with Crippen molar-refractivity contribution >= 4 is 12.4 Å². The van der Waals surface area contributed by atoms with Gasteiger partial charge in [0.2, 0.25) is 0 Å². The summed E-state index contributed by atoms with van der Waals surface area (Å²) in [6, 6.07) is 5.62. The molecule has 2 N–H and O–H groups in total. The van der Waals surface area contributed by atoms with Crippen molar-refractivity contribution in [3.8, 4) is 5.75 Å². The summed E-state index contributed by atoms with van der Waals surface area (Å²) in [5, 5.41) is 12.3. The molecule has 0 saturated carbocycles. The molecule has 2 rings (SSSR count). The van der Waals surface area contributed by atoms with E-state index in [0.29, 0.717) is 37.5 Å². The SMILES string of the molecule is CC(C)(C)Oc1ccc([C@H](N2CCNCC2)C(F)(F)CO)cc1.Cl. The van der Waals surface area contributed by atoms with Crippen LogP contribution in [0.5, 0.6) is 5.75 Å². The Labute approximate surface area is 148 Å². The first-order chi connectivity index (χ1) is 10.7. The summed E-state index contributed by atoms with van der Waals surface area (Å²) in [6.07, 6.45) is 0. The molecular weight excluding hydrogens is 338 g/mol. The van der Waals surface area contributed by atoms with Gasteiger partial charge in [-0.15, -0.1) is 12.4 Å². The van der Waals surface area contributed by atoms with Gasteiger partial charge in [0.05, 0.1) is 0 Å². The fourth-order valence-corrected chi connectivity index (χ4v) is 2.82. The first kappa shape index (κ1) is 21.1. The molecule has 0 aliphatic carbocycles. The third-order valence-electron chi connectivity index (χ3n) is 3.75. The number of benzene rings is 1. The minimum Gasteiger partial charge on any atom is -0.488 e. The molecule has 4 nitrogen and oxygen atoms in total. The lowest BCUT2D eigenvalue weighted by atomic mass is 9.98. The van der Waals surface area contributed by atoms with Gasteiger partial charge in [0, 0.05) is 26.2 Å². The number of aliphatic hydroxyl groups excluding tert-OH is 1. The Morgan fingerprint density at radius 3 is 2.17 bits per heavy atom. The summed E-state index contributed by atoms with van der Waals surface area (Å²) in [4.78, 5) is 1.73. The van der Waals surface area contributed by atoms with Crippen LogP contribution >= 0.6 is 12.4 Å². The van der Waals surface area contributed by atoms with Gasteiger partial charge >= 0.3 is 0 Å². The van der Waals surface area contributed by atoms with Crippen LogP contribution in [0.4, 0.5) is 8.78 Å². The lowest BCUT2D eigenvalue weighted by molar-refractivity contribution is -0.118. The van der Waals surface area contributed by atoms with Crippen LogP contribution in [0.3, 0.4) is 0 Å². The van der Waals surface area contributed by atoms with Crippen molar-refractivity contribution < 1.29 is 18.6 Å². The molecule has 1 fully saturated rings. The van der Waals surface area contributed by atoms with Gasteiger partial charge in [-0.2, -0.15) is 0 Å². The molecule has 1 atom stereocenters. The van der Waals surface area contributed by atoms with E-state index in [1.54, 1.807) is 29.2 Å². The van der Waals surface area contributed by atoms with Crippen LogP contribution in [-0.2, 0) is 0 Å². The van der Waals surface area contributed by atoms with Gasteiger partial charge in [-0.05, 0) is 38.5 Å². The summed E-state index contributed by atoms with van der Waals surface area (Å²) in [7, 11) is 0. The van der Waals surface area contributed by atoms with Gasteiger partial charge in [0.1, 0.15) is 24.0 Å². The molecule has 1 aromatic rings. The van der Waals surface area contributed by atoms with Crippen LogP contribution in [0.15, 0.2) is 24.3 Å². The Kier molecular flexibility index (Phi) is 7.41. The summed E-state index contributed by atoms with van der Waals surface area (Å²) in [5.74, 6) is -2.54. The van der Waals surface area contributed by atoms with E-state index in [-0.39, 0.29) is 18.0 Å². The molecule has 0 amide bonds. The van der Waals surface area contributed by atoms with Crippen molar-refractivity contribution in [1.82, 2.24) is 10.2 Å². The molecule has 138 valence electrons. The molecule has 1 saturated heterocycles. The summed E-state index contributed by atoms with van der Waals surface area (Å²) in [5.41, 5.74) is 0.154. The van der Waals surface area contributed by atoms with Gasteiger partial charge in [-0.3, -0.25) is 4.90 Å². The lowest BCUT2D eigenvalue weighted by Gasteiger charge is -2.38. The first-order valence-electron chi connectivity index (χ1n) is 7.95. The van der Waals surface area contributed by atoms with E-state index < -0.39 is 18.6 Å². The number of nitrogens with one attached hydrogen (secondary N) is 1. The second-order valence-electron chi connectivity index (χ2n) is 6.89. The van der Waals surface area contributed by atoms with E-state index >= 15 is 0 Å². The number of piperazine rings is 1. The van der Waals surface area contributed by atoms with E-state index in [2.05, 4.69) is 5.32 Å². The van der Waals surface area contributed by atoms with E-state index in [0.717, 1.165) is 0 Å². The Balaban J connectivity index is 0.00000288. The largest absolute Gasteiger partial charge is 0.488 e. The van der Waals surface area contributed by atoms with Crippen molar-refractivity contribution in [2.45, 2.75) is 38.3 Å². The topological polar surface area (TPSA) is 44.7 Å². The number of aliphatic hydroxyl groups is 1. The zero-order valence-corrected chi connectivity index (χ0v) is 15.2. The zero-order chi connectivity index (χ0) is 17.1. The monoisotopic (exact) mass is 364 g/mol. The number of rotatable bonds is 5. The number of halogens is 3. The Morgan fingerprint density at radius 2 is 1.71 bits per heavy atom. The minimum atomic E-state index is -3.19. The van der Waals surface area contributed by atoms with Crippen molar-refractivity contribution in [2.75, 3.05) is 32.8 Å². The Bertz CT molecular complexity index is 500. The molecule has 7 heteroatoms. The highest BCUT2D eigenvalue weighted by atomic mass is 35.5. The van der Waals surface area contributed by atoms with E-state index in [9.17, 15) is 8.78 Å². The van der Waals surface area contributed by atoms with E-state index in [1.807, 2.05) is 20.8 Å². The normalized spacial score (nSPS) is 17.9. The average Bonchev–Trinajstić information content (AvgIpc) is 2.49. The maximum absolute atomic E-state index is 14.3. The van der Waals surface area contributed by atoms with Crippen LogP contribution in [0.2, 0.25) is 0 Å². The van der Waals surface area contributed by atoms with Crippen LogP contribution in [0, 0.1) is 0 Å². The van der Waals surface area contributed by atoms with Crippen LogP contribution in [0.1, 0.15) is 32.4 Å². The van der Waals surface area contributed by atoms with Gasteiger partial charge in [0.15, 0.2) is 0 Å². The number of hydrogen-bond acceptors (Lipinski definition) is 4. The average molecular weight is 365 g/mol. The van der Waals surface area contributed by atoms with Crippen molar-refractivity contribution in [1.29, 1.82) is 0 Å². The molecule has 1 aliphatic rings. The van der Waals surface area contributed by atoms with Crippen molar-refractivity contribution in [3.63, 3.8) is 0 Å². The molecular formula is C17H27ClF2N2O2. The number of nitrogens with zero attached hydrogens (tertiary/aromatic N) is 1. The molecule has 1 aromatic carbocycles. The summed E-state index contributed by atoms with van der Waals surface area (Å²) < 4.78 is 34.4. The number of ether oxygens (including phenoxy) is 1. The maximum atomic E-state index is 14.3. The molecule has 24 heavy (non-hydrogen) atoms. The third-order valence-corrected chi connectivity index (χ3v) is 3.75. The fourth-order valence-electron chi connectivity index (χ4n) is 2.82. The van der Waals surface area contributed by atoms with E-state index in [1.165, 1.54) is 0 Å². The molecule has 0 radical (unpaired) electrons. The van der Waals surface area contributed by atoms with Gasteiger partial charge in [-0.25, -0.2) is 8.78 Å². The summed E-state index contributed by atoms with van der Waals surface area (Å²) in [6.45, 7) is 7.04. The molecule has 0 spiro atoms. The highest BCUT2D eigenvalue weighted by Gasteiger charge is 2.43. The number of alkyl halides is 2. The van der Waals surface area contributed by atoms with Gasteiger partial charge in [0.25, 0.3) is 5.92 Å². The minimum absolute atomic E-state index is 0. The van der Waals surface area contributed by atoms with Crippen LogP contribution in [0.25, 0.3) is 0 Å². The number of hydrogen-bond donors (Lipinski definition) is 2. The highest BCUT2D eigenvalue weighted by Crippen LogP contribution is 2.37. The first-order valence-corrected chi connectivity index (χ1v) is 7.95. The quantitative estimate of drug-likeness (QED) is 0.843.